The largest absolute Gasteiger partial charge is 0.368 e. The molecule has 0 radical (unpaired) electrons. The van der Waals surface area contributed by atoms with Crippen LogP contribution in [-0.2, 0) is 0 Å². The fourth-order valence-corrected chi connectivity index (χ4v) is 3.72. The molecule has 3 aromatic rings. The fourth-order valence-electron chi connectivity index (χ4n) is 2.79. The molecule has 1 fully saturated rings. The number of pyridine rings is 1. The second-order valence-electron chi connectivity index (χ2n) is 5.47. The van der Waals surface area contributed by atoms with Crippen LogP contribution in [0.25, 0.3) is 10.7 Å². The van der Waals surface area contributed by atoms with Crippen molar-refractivity contribution in [1.29, 1.82) is 0 Å². The first-order chi connectivity index (χ1) is 11.3. The Morgan fingerprint density at radius 2 is 2.04 bits per heavy atom. The summed E-state index contributed by atoms with van der Waals surface area (Å²) in [5.74, 6) is 0. The summed E-state index contributed by atoms with van der Waals surface area (Å²) >= 11 is 1.55. The molecular weight excluding hydrogens is 312 g/mol. The van der Waals surface area contributed by atoms with Crippen LogP contribution in [0.1, 0.15) is 6.92 Å². The zero-order valence-electron chi connectivity index (χ0n) is 12.7. The minimum atomic E-state index is 0.357. The van der Waals surface area contributed by atoms with Gasteiger partial charge in [0.1, 0.15) is 12.0 Å². The number of nitrogens with zero attached hydrogens (tertiary/aromatic N) is 6. The molecule has 118 valence electrons. The lowest BCUT2D eigenvalue weighted by Crippen LogP contribution is -2.52. The highest BCUT2D eigenvalue weighted by molar-refractivity contribution is 7.18. The molecule has 4 heterocycles. The highest BCUT2D eigenvalue weighted by atomic mass is 32.1. The minimum Gasteiger partial charge on any atom is -0.368 e. The van der Waals surface area contributed by atoms with Gasteiger partial charge in [-0.3, -0.25) is 4.98 Å². The molecule has 0 aliphatic carbocycles. The molecule has 1 saturated heterocycles. The SMILES string of the molecule is CC1CN(c2ccncc2)CCN1c1nnc(-c2ccon2)s1. The van der Waals surface area contributed by atoms with Crippen molar-refractivity contribution in [3.63, 3.8) is 0 Å². The molecule has 23 heavy (non-hydrogen) atoms. The molecule has 1 aliphatic rings. The van der Waals surface area contributed by atoms with Gasteiger partial charge in [0.2, 0.25) is 5.13 Å². The number of hydrogen-bond donors (Lipinski definition) is 0. The van der Waals surface area contributed by atoms with Gasteiger partial charge in [0.25, 0.3) is 0 Å². The van der Waals surface area contributed by atoms with E-state index in [1.807, 2.05) is 12.4 Å². The minimum absolute atomic E-state index is 0.357. The Bertz CT molecular complexity index is 759. The number of rotatable bonds is 3. The first-order valence-corrected chi connectivity index (χ1v) is 8.29. The van der Waals surface area contributed by atoms with Gasteiger partial charge >= 0.3 is 0 Å². The molecule has 7 nitrogen and oxygen atoms in total. The van der Waals surface area contributed by atoms with Crippen molar-refractivity contribution in [1.82, 2.24) is 20.3 Å². The summed E-state index contributed by atoms with van der Waals surface area (Å²) in [6.07, 6.45) is 5.22. The number of hydrogen-bond acceptors (Lipinski definition) is 8. The first kappa shape index (κ1) is 14.1. The number of piperazine rings is 1. The highest BCUT2D eigenvalue weighted by Gasteiger charge is 2.26. The molecule has 8 heteroatoms. The van der Waals surface area contributed by atoms with Crippen LogP contribution in [0.5, 0.6) is 0 Å². The van der Waals surface area contributed by atoms with Crippen LogP contribution in [0, 0.1) is 0 Å². The van der Waals surface area contributed by atoms with Gasteiger partial charge in [0.05, 0.1) is 0 Å². The van der Waals surface area contributed by atoms with E-state index in [0.29, 0.717) is 6.04 Å². The van der Waals surface area contributed by atoms with Gasteiger partial charge in [-0.2, -0.15) is 0 Å². The Morgan fingerprint density at radius 1 is 1.17 bits per heavy atom. The van der Waals surface area contributed by atoms with E-state index in [1.165, 1.54) is 5.69 Å². The van der Waals surface area contributed by atoms with Crippen LogP contribution in [-0.4, -0.2) is 46.0 Å². The molecule has 3 aromatic heterocycles. The Morgan fingerprint density at radius 3 is 2.78 bits per heavy atom. The smallest absolute Gasteiger partial charge is 0.209 e. The summed E-state index contributed by atoms with van der Waals surface area (Å²) in [5, 5.41) is 14.2. The van der Waals surface area contributed by atoms with E-state index in [4.69, 9.17) is 4.52 Å². The van der Waals surface area contributed by atoms with Crippen LogP contribution in [0.2, 0.25) is 0 Å². The van der Waals surface area contributed by atoms with E-state index in [9.17, 15) is 0 Å². The Hall–Kier alpha value is -2.48. The molecule has 0 amide bonds. The summed E-state index contributed by atoms with van der Waals surface area (Å²) in [5.41, 5.74) is 1.95. The number of anilines is 2. The van der Waals surface area contributed by atoms with Crippen molar-refractivity contribution in [2.24, 2.45) is 0 Å². The lowest BCUT2D eigenvalue weighted by Gasteiger charge is -2.40. The van der Waals surface area contributed by atoms with Crippen molar-refractivity contribution in [2.45, 2.75) is 13.0 Å². The summed E-state index contributed by atoms with van der Waals surface area (Å²) in [6.45, 7) is 5.03. The van der Waals surface area contributed by atoms with Crippen molar-refractivity contribution >= 4 is 22.2 Å². The van der Waals surface area contributed by atoms with Gasteiger partial charge in [0, 0.05) is 49.8 Å². The van der Waals surface area contributed by atoms with Crippen molar-refractivity contribution < 1.29 is 4.52 Å². The van der Waals surface area contributed by atoms with E-state index in [0.717, 1.165) is 35.5 Å². The van der Waals surface area contributed by atoms with Crippen molar-refractivity contribution in [3.8, 4) is 10.7 Å². The van der Waals surface area contributed by atoms with E-state index in [2.05, 4.69) is 49.2 Å². The van der Waals surface area contributed by atoms with Crippen LogP contribution >= 0.6 is 11.3 Å². The monoisotopic (exact) mass is 328 g/mol. The molecule has 0 aromatic carbocycles. The summed E-state index contributed by atoms with van der Waals surface area (Å²) in [7, 11) is 0. The molecule has 1 unspecified atom stereocenters. The average molecular weight is 328 g/mol. The van der Waals surface area contributed by atoms with Crippen LogP contribution in [0.4, 0.5) is 10.8 Å². The van der Waals surface area contributed by atoms with E-state index in [1.54, 1.807) is 23.7 Å². The molecule has 0 saturated carbocycles. The van der Waals surface area contributed by atoms with Gasteiger partial charge in [0.15, 0.2) is 5.01 Å². The van der Waals surface area contributed by atoms with Crippen LogP contribution in [0.3, 0.4) is 0 Å². The van der Waals surface area contributed by atoms with Gasteiger partial charge < -0.3 is 14.3 Å². The van der Waals surface area contributed by atoms with Crippen LogP contribution < -0.4 is 9.80 Å². The van der Waals surface area contributed by atoms with E-state index >= 15 is 0 Å². The molecule has 1 atom stereocenters. The topological polar surface area (TPSA) is 71.2 Å². The van der Waals surface area contributed by atoms with Gasteiger partial charge in [-0.15, -0.1) is 10.2 Å². The van der Waals surface area contributed by atoms with Crippen LogP contribution in [0.15, 0.2) is 41.4 Å². The summed E-state index contributed by atoms with van der Waals surface area (Å²) in [4.78, 5) is 8.76. The fraction of sp³-hybridized carbons (Fsp3) is 0.333. The summed E-state index contributed by atoms with van der Waals surface area (Å²) < 4.78 is 4.87. The Kier molecular flexibility index (Phi) is 3.66. The number of aromatic nitrogens is 4. The molecule has 0 N–H and O–H groups in total. The standard InChI is InChI=1S/C15H16N6OS/c1-11-10-20(12-2-5-16-6-3-12)7-8-21(11)15-18-17-14(23-15)13-4-9-22-19-13/h2-6,9,11H,7-8,10H2,1H3. The van der Waals surface area contributed by atoms with Crippen molar-refractivity contribution in [2.75, 3.05) is 29.4 Å². The maximum absolute atomic E-state index is 4.87. The van der Waals surface area contributed by atoms with E-state index < -0.39 is 0 Å². The zero-order chi connectivity index (χ0) is 15.6. The summed E-state index contributed by atoms with van der Waals surface area (Å²) in [6, 6.07) is 6.26. The van der Waals surface area contributed by atoms with Gasteiger partial charge in [-0.25, -0.2) is 0 Å². The maximum Gasteiger partial charge on any atom is 0.209 e. The molecule has 1 aliphatic heterocycles. The lowest BCUT2D eigenvalue weighted by atomic mass is 10.2. The predicted octanol–water partition coefficient (Wildman–Crippen LogP) is 2.30. The highest BCUT2D eigenvalue weighted by Crippen LogP contribution is 2.30. The maximum atomic E-state index is 4.87. The molecular formula is C15H16N6OS. The predicted molar refractivity (Wildman–Crippen MR) is 88.7 cm³/mol. The molecule has 0 bridgehead atoms. The lowest BCUT2D eigenvalue weighted by molar-refractivity contribution is 0.422. The molecule has 4 rings (SSSR count). The average Bonchev–Trinajstić information content (AvgIpc) is 3.27. The first-order valence-electron chi connectivity index (χ1n) is 7.47. The molecule has 0 spiro atoms. The van der Waals surface area contributed by atoms with Crippen molar-refractivity contribution in [3.05, 3.63) is 36.9 Å². The third kappa shape index (κ3) is 2.77. The second-order valence-corrected chi connectivity index (χ2v) is 6.42. The van der Waals surface area contributed by atoms with E-state index in [-0.39, 0.29) is 0 Å². The third-order valence-corrected chi connectivity index (χ3v) is 4.96. The normalized spacial score (nSPS) is 18.4. The Labute approximate surface area is 137 Å². The second kappa shape index (κ2) is 5.96. The zero-order valence-corrected chi connectivity index (χ0v) is 13.5. The van der Waals surface area contributed by atoms with Gasteiger partial charge in [-0.1, -0.05) is 16.5 Å². The Balaban J connectivity index is 1.49. The van der Waals surface area contributed by atoms with Gasteiger partial charge in [-0.05, 0) is 19.1 Å². The third-order valence-electron chi connectivity index (χ3n) is 3.97. The quantitative estimate of drug-likeness (QED) is 0.730.